The Hall–Kier alpha value is -1.75. The molecule has 0 N–H and O–H groups in total. The molecule has 2 aliphatic heterocycles. The van der Waals surface area contributed by atoms with Gasteiger partial charge in [0.05, 0.1) is 12.5 Å². The highest BCUT2D eigenvalue weighted by Crippen LogP contribution is 2.46. The number of ether oxygens (including phenoxy) is 2. The van der Waals surface area contributed by atoms with Crippen molar-refractivity contribution in [3.8, 4) is 5.75 Å². The summed E-state index contributed by atoms with van der Waals surface area (Å²) in [5.41, 5.74) is 1.10. The normalized spacial score (nSPS) is 25.6. The average Bonchev–Trinajstić information content (AvgIpc) is 3.02. The molecule has 27 heavy (non-hydrogen) atoms. The second kappa shape index (κ2) is 8.09. The Balaban J connectivity index is 1.23. The van der Waals surface area contributed by atoms with Crippen molar-refractivity contribution in [1.82, 2.24) is 4.90 Å². The third-order valence-corrected chi connectivity index (χ3v) is 6.69. The van der Waals surface area contributed by atoms with E-state index in [0.29, 0.717) is 0 Å². The molecule has 1 unspecified atom stereocenters. The highest BCUT2D eigenvalue weighted by Gasteiger charge is 2.48. The summed E-state index contributed by atoms with van der Waals surface area (Å²) >= 11 is 0. The number of carbonyl (C=O) groups excluding carboxylic acids is 1. The molecule has 0 amide bonds. The highest BCUT2D eigenvalue weighted by atomic mass is 16.6. The van der Waals surface area contributed by atoms with E-state index in [1.807, 2.05) is 6.07 Å². The summed E-state index contributed by atoms with van der Waals surface area (Å²) < 4.78 is 11.1. The topological polar surface area (TPSA) is 42.0 Å². The van der Waals surface area contributed by atoms with Gasteiger partial charge in [0.25, 0.3) is 0 Å². The molecule has 1 atom stereocenters. The van der Waals surface area contributed by atoms with Crippen LogP contribution in [0.4, 0.5) is 5.69 Å². The fourth-order valence-electron chi connectivity index (χ4n) is 5.00. The zero-order valence-electron chi connectivity index (χ0n) is 16.5. The van der Waals surface area contributed by atoms with Crippen molar-refractivity contribution < 1.29 is 14.3 Å². The lowest BCUT2D eigenvalue weighted by Crippen LogP contribution is -2.47. The average molecular weight is 373 g/mol. The van der Waals surface area contributed by atoms with E-state index in [4.69, 9.17) is 9.47 Å². The first kappa shape index (κ1) is 18.6. The van der Waals surface area contributed by atoms with Crippen LogP contribution in [-0.4, -0.2) is 56.8 Å². The lowest BCUT2D eigenvalue weighted by atomic mass is 9.72. The maximum atomic E-state index is 12.4. The number of methoxy groups -OCH3 is 1. The summed E-state index contributed by atoms with van der Waals surface area (Å²) in [6.45, 7) is 5.20. The van der Waals surface area contributed by atoms with E-state index < -0.39 is 0 Å². The summed E-state index contributed by atoms with van der Waals surface area (Å²) in [6.07, 6.45) is 7.80. The predicted molar refractivity (Wildman–Crippen MR) is 106 cm³/mol. The molecule has 2 heterocycles. The number of cyclic esters (lactones) is 1. The summed E-state index contributed by atoms with van der Waals surface area (Å²) in [5.74, 6) is 1.00. The maximum absolute atomic E-state index is 12.4. The molecule has 3 fully saturated rings. The highest BCUT2D eigenvalue weighted by molar-refractivity contribution is 5.79. The van der Waals surface area contributed by atoms with Gasteiger partial charge in [0.1, 0.15) is 11.9 Å². The quantitative estimate of drug-likeness (QED) is 0.741. The van der Waals surface area contributed by atoms with Crippen molar-refractivity contribution in [3.63, 3.8) is 0 Å². The molecule has 0 bridgehead atoms. The molecule has 1 saturated carbocycles. The molecule has 5 nitrogen and oxygen atoms in total. The van der Waals surface area contributed by atoms with Crippen molar-refractivity contribution in [2.75, 3.05) is 44.7 Å². The number of rotatable bonds is 5. The molecule has 148 valence electrons. The minimum Gasteiger partial charge on any atom is -0.497 e. The van der Waals surface area contributed by atoms with Gasteiger partial charge < -0.3 is 14.4 Å². The molecule has 2 saturated heterocycles. The van der Waals surface area contributed by atoms with Crippen LogP contribution in [-0.2, 0) is 9.53 Å². The Bertz CT molecular complexity index is 649. The van der Waals surface area contributed by atoms with E-state index in [1.54, 1.807) is 7.11 Å². The Morgan fingerprint density at radius 1 is 1.15 bits per heavy atom. The number of piperazine rings is 1. The Labute approximate surface area is 162 Å². The molecule has 1 spiro atoms. The van der Waals surface area contributed by atoms with E-state index >= 15 is 0 Å². The van der Waals surface area contributed by atoms with Gasteiger partial charge in [0, 0.05) is 50.9 Å². The van der Waals surface area contributed by atoms with Gasteiger partial charge in [-0.3, -0.25) is 9.69 Å². The van der Waals surface area contributed by atoms with Gasteiger partial charge >= 0.3 is 5.97 Å². The van der Waals surface area contributed by atoms with Gasteiger partial charge in [-0.1, -0.05) is 25.3 Å². The van der Waals surface area contributed by atoms with Crippen LogP contribution in [0, 0.1) is 5.41 Å². The van der Waals surface area contributed by atoms with Crippen LogP contribution in [0.1, 0.15) is 44.9 Å². The van der Waals surface area contributed by atoms with Crippen molar-refractivity contribution in [3.05, 3.63) is 24.3 Å². The van der Waals surface area contributed by atoms with Crippen molar-refractivity contribution in [2.45, 2.75) is 51.0 Å². The first-order valence-corrected chi connectivity index (χ1v) is 10.5. The van der Waals surface area contributed by atoms with Crippen LogP contribution in [0.25, 0.3) is 0 Å². The third kappa shape index (κ3) is 4.08. The molecule has 1 aliphatic carbocycles. The summed E-state index contributed by atoms with van der Waals surface area (Å²) in [7, 11) is 1.71. The monoisotopic (exact) mass is 372 g/mol. The lowest BCUT2D eigenvalue weighted by molar-refractivity contribution is -0.150. The van der Waals surface area contributed by atoms with Crippen LogP contribution in [0.5, 0.6) is 5.75 Å². The van der Waals surface area contributed by atoms with Crippen LogP contribution >= 0.6 is 0 Å². The summed E-state index contributed by atoms with van der Waals surface area (Å²) in [4.78, 5) is 17.3. The second-order valence-corrected chi connectivity index (χ2v) is 8.39. The van der Waals surface area contributed by atoms with Crippen LogP contribution in [0.15, 0.2) is 24.3 Å². The van der Waals surface area contributed by atoms with E-state index in [1.165, 1.54) is 24.9 Å². The molecule has 5 heteroatoms. The minimum atomic E-state index is -0.131. The molecule has 1 aromatic carbocycles. The van der Waals surface area contributed by atoms with E-state index in [-0.39, 0.29) is 17.5 Å². The minimum absolute atomic E-state index is 0.0926. The number of carbonyl (C=O) groups is 1. The molecular weight excluding hydrogens is 340 g/mol. The second-order valence-electron chi connectivity index (χ2n) is 8.39. The number of benzene rings is 1. The predicted octanol–water partition coefficient (Wildman–Crippen LogP) is 3.47. The van der Waals surface area contributed by atoms with Gasteiger partial charge in [-0.05, 0) is 31.4 Å². The van der Waals surface area contributed by atoms with Crippen LogP contribution in [0.2, 0.25) is 0 Å². The molecule has 1 aromatic rings. The molecule has 0 radical (unpaired) electrons. The van der Waals surface area contributed by atoms with Crippen molar-refractivity contribution in [2.24, 2.45) is 5.41 Å². The number of hydrogen-bond acceptors (Lipinski definition) is 5. The zero-order valence-corrected chi connectivity index (χ0v) is 16.5. The van der Waals surface area contributed by atoms with Gasteiger partial charge in [0.2, 0.25) is 0 Å². The lowest BCUT2D eigenvalue weighted by Gasteiger charge is -2.36. The maximum Gasteiger partial charge on any atom is 0.312 e. The van der Waals surface area contributed by atoms with Gasteiger partial charge in [-0.15, -0.1) is 0 Å². The van der Waals surface area contributed by atoms with Crippen LogP contribution < -0.4 is 9.64 Å². The Kier molecular flexibility index (Phi) is 5.58. The molecular formula is C22H32N2O3. The smallest absolute Gasteiger partial charge is 0.312 e. The van der Waals surface area contributed by atoms with E-state index in [0.717, 1.165) is 64.2 Å². The number of hydrogen-bond donors (Lipinski definition) is 0. The number of anilines is 1. The standard InChI is InChI=1S/C22H32N2O3/c1-26-19-7-5-6-18(16-19)24-14-12-23(13-15-24)11-8-20-17-22(21(25)27-20)9-3-2-4-10-22/h5-7,16,20H,2-4,8-15,17H2,1H3. The molecule has 3 aliphatic rings. The van der Waals surface area contributed by atoms with Crippen molar-refractivity contribution >= 4 is 11.7 Å². The van der Waals surface area contributed by atoms with Gasteiger partial charge in [0.15, 0.2) is 0 Å². The number of esters is 1. The van der Waals surface area contributed by atoms with Crippen LogP contribution in [0.3, 0.4) is 0 Å². The van der Waals surface area contributed by atoms with E-state index in [9.17, 15) is 4.79 Å². The fourth-order valence-corrected chi connectivity index (χ4v) is 5.00. The first-order valence-electron chi connectivity index (χ1n) is 10.5. The first-order chi connectivity index (χ1) is 13.2. The number of nitrogens with zero attached hydrogens (tertiary/aromatic N) is 2. The largest absolute Gasteiger partial charge is 0.497 e. The van der Waals surface area contributed by atoms with Gasteiger partial charge in [-0.25, -0.2) is 0 Å². The fraction of sp³-hybridized carbons (Fsp3) is 0.682. The van der Waals surface area contributed by atoms with Crippen molar-refractivity contribution in [1.29, 1.82) is 0 Å². The molecule has 0 aromatic heterocycles. The van der Waals surface area contributed by atoms with E-state index in [2.05, 4.69) is 28.0 Å². The Morgan fingerprint density at radius 2 is 1.93 bits per heavy atom. The third-order valence-electron chi connectivity index (χ3n) is 6.69. The SMILES string of the molecule is COc1cccc(N2CCN(CCC3CC4(CCCCC4)C(=O)O3)CC2)c1. The Morgan fingerprint density at radius 3 is 2.67 bits per heavy atom. The summed E-state index contributed by atoms with van der Waals surface area (Å²) in [5, 5.41) is 0. The molecule has 4 rings (SSSR count). The summed E-state index contributed by atoms with van der Waals surface area (Å²) in [6, 6.07) is 8.30. The zero-order chi connectivity index (χ0) is 18.7. The van der Waals surface area contributed by atoms with Gasteiger partial charge in [-0.2, -0.15) is 0 Å².